The Morgan fingerprint density at radius 1 is 0.881 bits per heavy atom. The molecule has 0 aromatic heterocycles. The van der Waals surface area contributed by atoms with Gasteiger partial charge in [-0.2, -0.15) is 4.31 Å². The summed E-state index contributed by atoms with van der Waals surface area (Å²) in [6, 6.07) is 20.1. The molecule has 59 heavy (non-hydrogen) atoms. The zero-order valence-corrected chi connectivity index (χ0v) is 36.3. The average molecular weight is 856 g/mol. The summed E-state index contributed by atoms with van der Waals surface area (Å²) in [5.74, 6) is 0.298. The van der Waals surface area contributed by atoms with E-state index in [4.69, 9.17) is 18.9 Å². The van der Waals surface area contributed by atoms with E-state index in [0.717, 1.165) is 16.7 Å². The highest BCUT2D eigenvalue weighted by Gasteiger charge is 2.48. The number of benzene rings is 3. The van der Waals surface area contributed by atoms with Crippen molar-refractivity contribution >= 4 is 32.0 Å². The number of carbonyl (C=O) groups excluding carboxylic acids is 2. The van der Waals surface area contributed by atoms with E-state index in [1.165, 1.54) is 21.3 Å². The molecule has 2 N–H and O–H groups in total. The van der Waals surface area contributed by atoms with Gasteiger partial charge in [-0.15, -0.1) is 0 Å². The molecule has 16 heteroatoms. The number of hydrogen-bond acceptors (Lipinski definition) is 11. The first-order valence-electron chi connectivity index (χ1n) is 20.1. The van der Waals surface area contributed by atoms with E-state index in [-0.39, 0.29) is 54.4 Å². The normalized spacial score (nSPS) is 19.2. The molecule has 1 aliphatic carbocycles. The van der Waals surface area contributed by atoms with Gasteiger partial charge in [0.05, 0.1) is 39.8 Å². The Morgan fingerprint density at radius 3 is 2.17 bits per heavy atom. The van der Waals surface area contributed by atoms with Crippen LogP contribution in [0, 0.1) is 0 Å². The number of alkyl carbamates (subject to hydrolysis) is 1. The summed E-state index contributed by atoms with van der Waals surface area (Å²) < 4.78 is 78.0. The van der Waals surface area contributed by atoms with Gasteiger partial charge in [0.1, 0.15) is 29.7 Å². The van der Waals surface area contributed by atoms with Gasteiger partial charge in [0.2, 0.25) is 10.0 Å². The minimum absolute atomic E-state index is 0.123. The number of piperidine rings is 1. The van der Waals surface area contributed by atoms with Crippen molar-refractivity contribution in [3.05, 3.63) is 78.4 Å². The summed E-state index contributed by atoms with van der Waals surface area (Å²) in [7, 11) is -7.27. The number of aliphatic hydroxyl groups excluding tert-OH is 1. The maximum absolute atomic E-state index is 14.0. The number of rotatable bonds is 13. The average Bonchev–Trinajstić information content (AvgIpc) is 3.97. The quantitative estimate of drug-likeness (QED) is 0.197. The highest BCUT2D eigenvalue weighted by atomic mass is 32.2. The van der Waals surface area contributed by atoms with Crippen LogP contribution >= 0.6 is 0 Å². The van der Waals surface area contributed by atoms with Crippen molar-refractivity contribution in [2.24, 2.45) is 0 Å². The maximum atomic E-state index is 14.0. The zero-order valence-electron chi connectivity index (χ0n) is 34.7. The molecule has 0 radical (unpaired) electrons. The number of sulfonamides is 1. The van der Waals surface area contributed by atoms with Crippen molar-refractivity contribution in [2.75, 3.05) is 32.8 Å². The molecule has 3 aromatic rings. The first-order chi connectivity index (χ1) is 27.6. The van der Waals surface area contributed by atoms with Crippen LogP contribution in [-0.2, 0) is 40.6 Å². The fourth-order valence-electron chi connectivity index (χ4n) is 7.27. The van der Waals surface area contributed by atoms with Crippen LogP contribution in [0.15, 0.2) is 82.6 Å². The van der Waals surface area contributed by atoms with Crippen molar-refractivity contribution in [2.45, 2.75) is 124 Å². The number of amides is 2. The lowest BCUT2D eigenvalue weighted by Gasteiger charge is -2.38. The molecular formula is C43H57N3O11S2. The highest BCUT2D eigenvalue weighted by molar-refractivity contribution is 7.92. The predicted molar refractivity (Wildman–Crippen MR) is 221 cm³/mol. The molecule has 2 heterocycles. The fraction of sp³-hybridized carbons (Fsp3) is 0.535. The predicted octanol–water partition coefficient (Wildman–Crippen LogP) is 6.30. The van der Waals surface area contributed by atoms with Crippen LogP contribution in [0.25, 0.3) is 11.1 Å². The Balaban J connectivity index is 1.06. The molecule has 1 spiro atoms. The minimum atomic E-state index is -3.85. The van der Waals surface area contributed by atoms with Gasteiger partial charge in [0, 0.05) is 19.6 Å². The molecule has 2 amide bonds. The van der Waals surface area contributed by atoms with E-state index in [1.807, 2.05) is 30.3 Å². The monoisotopic (exact) mass is 855 g/mol. The third kappa shape index (κ3) is 11.5. The number of nitrogens with one attached hydrogen (secondary N) is 1. The van der Waals surface area contributed by atoms with Crippen LogP contribution in [0.4, 0.5) is 9.59 Å². The first-order valence-corrected chi connectivity index (χ1v) is 23.1. The lowest BCUT2D eigenvalue weighted by atomic mass is 9.88. The Morgan fingerprint density at radius 2 is 1.53 bits per heavy atom. The fourth-order valence-corrected chi connectivity index (χ4v) is 10.4. The molecule has 2 aliphatic heterocycles. The van der Waals surface area contributed by atoms with Gasteiger partial charge in [-0.25, -0.2) is 26.4 Å². The van der Waals surface area contributed by atoms with E-state index < -0.39 is 61.0 Å². The second kappa shape index (κ2) is 17.4. The van der Waals surface area contributed by atoms with Crippen molar-refractivity contribution in [3.8, 4) is 16.9 Å². The third-order valence-corrected chi connectivity index (χ3v) is 14.6. The Labute approximate surface area is 348 Å². The molecule has 3 aliphatic rings. The van der Waals surface area contributed by atoms with Crippen LogP contribution < -0.4 is 10.1 Å². The largest absolute Gasteiger partial charge is 0.491 e. The van der Waals surface area contributed by atoms with Gasteiger partial charge in [0.25, 0.3) is 0 Å². The maximum Gasteiger partial charge on any atom is 0.410 e. The van der Waals surface area contributed by atoms with Gasteiger partial charge >= 0.3 is 12.2 Å². The van der Waals surface area contributed by atoms with Crippen LogP contribution in [0.2, 0.25) is 0 Å². The Bertz CT molecular complexity index is 2190. The summed E-state index contributed by atoms with van der Waals surface area (Å²) in [5, 5.41) is 13.5. The number of sulfone groups is 1. The van der Waals surface area contributed by atoms with Gasteiger partial charge in [-0.05, 0) is 121 Å². The summed E-state index contributed by atoms with van der Waals surface area (Å²) >= 11 is 0. The van der Waals surface area contributed by atoms with Crippen LogP contribution in [0.1, 0.15) is 79.2 Å². The summed E-state index contributed by atoms with van der Waals surface area (Å²) in [4.78, 5) is 27.4. The molecule has 322 valence electrons. The molecule has 0 unspecified atom stereocenters. The lowest BCUT2D eigenvalue weighted by Crippen LogP contribution is -2.50. The molecule has 2 saturated heterocycles. The Kier molecular flexibility index (Phi) is 13.1. The molecular weight excluding hydrogens is 799 g/mol. The van der Waals surface area contributed by atoms with Crippen LogP contribution in [-0.4, -0.2) is 110 Å². The van der Waals surface area contributed by atoms with Gasteiger partial charge in [-0.1, -0.05) is 42.5 Å². The minimum Gasteiger partial charge on any atom is -0.491 e. The summed E-state index contributed by atoms with van der Waals surface area (Å²) in [6.07, 6.45) is 0.270. The van der Waals surface area contributed by atoms with E-state index in [1.54, 1.807) is 71.9 Å². The zero-order chi connectivity index (χ0) is 42.8. The standard InChI is InChI=1S/C43H57N3O11S2/c1-41(2,3)56-39(48)44-26-30-13-15-31(16-14-30)32-9-7-12-38(23-32)59(52,53)45-21-19-43(20-22-45)25-33(28-55-43)46(40(49)57-42(4,5)6)27-34(47)29-54-35-10-8-11-37(24-35)58(50,51)36-17-18-36/h7-16,23-24,33-34,36,47H,17-22,25-29H2,1-6H3,(H,44,48)/t33-,34+/m1/s1. The summed E-state index contributed by atoms with van der Waals surface area (Å²) in [5.41, 5.74) is 0.348. The highest BCUT2D eigenvalue weighted by Crippen LogP contribution is 2.40. The van der Waals surface area contributed by atoms with Crippen molar-refractivity contribution in [3.63, 3.8) is 0 Å². The first kappa shape index (κ1) is 44.3. The smallest absolute Gasteiger partial charge is 0.410 e. The van der Waals surface area contributed by atoms with Gasteiger partial charge < -0.3 is 34.3 Å². The van der Waals surface area contributed by atoms with Crippen molar-refractivity contribution in [1.82, 2.24) is 14.5 Å². The number of carbonyl (C=O) groups is 2. The molecule has 2 atom stereocenters. The number of aliphatic hydroxyl groups is 1. The molecule has 6 rings (SSSR count). The summed E-state index contributed by atoms with van der Waals surface area (Å²) in [6.45, 7) is 11.3. The molecule has 3 aromatic carbocycles. The molecule has 14 nitrogen and oxygen atoms in total. The molecule has 0 bridgehead atoms. The van der Waals surface area contributed by atoms with Crippen molar-refractivity contribution < 1.29 is 50.5 Å². The topological polar surface area (TPSA) is 178 Å². The van der Waals surface area contributed by atoms with E-state index >= 15 is 0 Å². The number of hydrogen-bond donors (Lipinski definition) is 2. The molecule has 1 saturated carbocycles. The number of nitrogens with zero attached hydrogens (tertiary/aromatic N) is 2. The second-order valence-corrected chi connectivity index (χ2v) is 21.8. The van der Waals surface area contributed by atoms with E-state index in [0.29, 0.717) is 37.9 Å². The van der Waals surface area contributed by atoms with Gasteiger partial charge in [-0.3, -0.25) is 0 Å². The molecule has 3 fully saturated rings. The van der Waals surface area contributed by atoms with Crippen LogP contribution in [0.3, 0.4) is 0 Å². The third-order valence-electron chi connectivity index (χ3n) is 10.4. The lowest BCUT2D eigenvalue weighted by molar-refractivity contribution is -0.0329. The van der Waals surface area contributed by atoms with E-state index in [2.05, 4.69) is 5.32 Å². The van der Waals surface area contributed by atoms with E-state index in [9.17, 15) is 31.5 Å². The number of ether oxygens (including phenoxy) is 4. The van der Waals surface area contributed by atoms with Gasteiger partial charge in [0.15, 0.2) is 9.84 Å². The Hall–Kier alpha value is -4.22. The van der Waals surface area contributed by atoms with Crippen LogP contribution in [0.5, 0.6) is 5.75 Å². The SMILES string of the molecule is CC(C)(C)OC(=O)NCc1ccc(-c2cccc(S(=O)(=O)N3CCC4(CC3)C[C@@H](N(C[C@H](O)COc3cccc(S(=O)(=O)C5CC5)c3)C(=O)OC(C)(C)C)CO4)c2)cc1. The van der Waals surface area contributed by atoms with Crippen molar-refractivity contribution in [1.29, 1.82) is 0 Å². The second-order valence-electron chi connectivity index (χ2n) is 17.7.